The molecule has 1 N–H and O–H groups in total. The van der Waals surface area contributed by atoms with Crippen LogP contribution in [-0.2, 0) is 9.59 Å². The van der Waals surface area contributed by atoms with Gasteiger partial charge in [-0.3, -0.25) is 9.59 Å². The number of rotatable bonds is 4. The van der Waals surface area contributed by atoms with Gasteiger partial charge in [-0.05, 0) is 28.8 Å². The number of piperazine rings is 1. The second-order valence-corrected chi connectivity index (χ2v) is 7.58. The Labute approximate surface area is 170 Å². The first-order valence-corrected chi connectivity index (χ1v) is 9.87. The second kappa shape index (κ2) is 7.69. The number of nitrogens with zero attached hydrogens (tertiary/aromatic N) is 3. The molecule has 2 fully saturated rings. The first-order chi connectivity index (χ1) is 14.1. The first-order valence-electron chi connectivity index (χ1n) is 9.87. The zero-order chi connectivity index (χ0) is 20.5. The molecule has 2 amide bonds. The third-order valence-corrected chi connectivity index (χ3v) is 6.05. The van der Waals surface area contributed by atoms with E-state index >= 15 is 0 Å². The Morgan fingerprint density at radius 2 is 1.76 bits per heavy atom. The van der Waals surface area contributed by atoms with Gasteiger partial charge < -0.3 is 14.9 Å². The number of hydrogen-bond acceptors (Lipinski definition) is 4. The SMILES string of the molecule is CCC(=O)N1CC(=O)N2[C@H](CO)[C@H](c3ccc(-c4ccc(C#N)cc4)cc3)[C@@H]2C1. The van der Waals surface area contributed by atoms with Crippen molar-refractivity contribution in [2.24, 2.45) is 0 Å². The van der Waals surface area contributed by atoms with Crippen LogP contribution in [0, 0.1) is 11.3 Å². The topological polar surface area (TPSA) is 84.6 Å². The van der Waals surface area contributed by atoms with Crippen molar-refractivity contribution in [3.8, 4) is 17.2 Å². The highest BCUT2D eigenvalue weighted by molar-refractivity contribution is 5.87. The number of hydrogen-bond donors (Lipinski definition) is 1. The number of nitriles is 1. The summed E-state index contributed by atoms with van der Waals surface area (Å²) in [6.45, 7) is 2.32. The van der Waals surface area contributed by atoms with Crippen molar-refractivity contribution >= 4 is 11.8 Å². The molecule has 0 aromatic heterocycles. The van der Waals surface area contributed by atoms with Crippen LogP contribution in [0.25, 0.3) is 11.1 Å². The molecular weight excluding hydrogens is 366 g/mol. The third kappa shape index (κ3) is 3.28. The molecule has 2 aromatic carbocycles. The number of amides is 2. The molecule has 6 nitrogen and oxygen atoms in total. The maximum Gasteiger partial charge on any atom is 0.242 e. The maximum absolute atomic E-state index is 12.5. The van der Waals surface area contributed by atoms with Gasteiger partial charge in [0.15, 0.2) is 0 Å². The lowest BCUT2D eigenvalue weighted by Crippen LogP contribution is -2.73. The zero-order valence-electron chi connectivity index (χ0n) is 16.3. The van der Waals surface area contributed by atoms with Crippen molar-refractivity contribution in [2.45, 2.75) is 31.3 Å². The Hall–Kier alpha value is -3.17. The van der Waals surface area contributed by atoms with Gasteiger partial charge in [0.25, 0.3) is 0 Å². The average Bonchev–Trinajstić information content (AvgIpc) is 2.75. The summed E-state index contributed by atoms with van der Waals surface area (Å²) in [5.74, 6) is -0.0978. The summed E-state index contributed by atoms with van der Waals surface area (Å²) in [5, 5.41) is 18.8. The lowest BCUT2D eigenvalue weighted by Gasteiger charge is -2.58. The molecule has 3 atom stereocenters. The molecule has 2 aliphatic heterocycles. The monoisotopic (exact) mass is 389 g/mol. The van der Waals surface area contributed by atoms with E-state index in [4.69, 9.17) is 5.26 Å². The molecule has 2 aliphatic rings. The standard InChI is InChI=1S/C23H23N3O3/c1-2-21(28)25-12-19-23(20(14-27)26(19)22(29)13-25)18-9-7-17(8-10-18)16-5-3-15(11-24)4-6-16/h3-10,19-20,23,27H,2,12-14H2,1H3/t19-,20+,23+/m0/s1. The van der Waals surface area contributed by atoms with Crippen LogP contribution in [0.2, 0.25) is 0 Å². The van der Waals surface area contributed by atoms with Crippen molar-refractivity contribution in [3.05, 3.63) is 59.7 Å². The first kappa shape index (κ1) is 19.2. The van der Waals surface area contributed by atoms with E-state index in [0.717, 1.165) is 16.7 Å². The van der Waals surface area contributed by atoms with Crippen LogP contribution >= 0.6 is 0 Å². The van der Waals surface area contributed by atoms with E-state index in [9.17, 15) is 14.7 Å². The number of aliphatic hydroxyl groups excluding tert-OH is 1. The Kier molecular flexibility index (Phi) is 5.08. The Morgan fingerprint density at radius 1 is 1.14 bits per heavy atom. The molecule has 0 bridgehead atoms. The fourth-order valence-corrected chi connectivity index (χ4v) is 4.55. The second-order valence-electron chi connectivity index (χ2n) is 7.58. The van der Waals surface area contributed by atoms with Crippen LogP contribution < -0.4 is 0 Å². The highest BCUT2D eigenvalue weighted by Crippen LogP contribution is 2.43. The fraction of sp³-hybridized carbons (Fsp3) is 0.348. The molecule has 148 valence electrons. The predicted octanol–water partition coefficient (Wildman–Crippen LogP) is 2.13. The van der Waals surface area contributed by atoms with E-state index in [1.54, 1.807) is 28.9 Å². The molecule has 0 spiro atoms. The highest BCUT2D eigenvalue weighted by Gasteiger charge is 2.54. The lowest BCUT2D eigenvalue weighted by atomic mass is 9.73. The van der Waals surface area contributed by atoms with E-state index in [-0.39, 0.29) is 43.0 Å². The summed E-state index contributed by atoms with van der Waals surface area (Å²) in [6.07, 6.45) is 0.382. The summed E-state index contributed by atoms with van der Waals surface area (Å²) in [7, 11) is 0. The minimum absolute atomic E-state index is 0.00595. The number of carbonyl (C=O) groups is 2. The molecule has 6 heteroatoms. The maximum atomic E-state index is 12.5. The van der Waals surface area contributed by atoms with Gasteiger partial charge >= 0.3 is 0 Å². The van der Waals surface area contributed by atoms with Crippen LogP contribution in [0.4, 0.5) is 0 Å². The molecule has 2 saturated heterocycles. The van der Waals surface area contributed by atoms with Crippen molar-refractivity contribution in [3.63, 3.8) is 0 Å². The van der Waals surface area contributed by atoms with Gasteiger partial charge in [-0.2, -0.15) is 5.26 Å². The largest absolute Gasteiger partial charge is 0.394 e. The Bertz CT molecular complexity index is 962. The summed E-state index contributed by atoms with van der Waals surface area (Å²) in [6, 6.07) is 17.3. The van der Waals surface area contributed by atoms with Crippen LogP contribution in [0.1, 0.15) is 30.4 Å². The average molecular weight is 389 g/mol. The normalized spacial score (nSPS) is 23.2. The molecule has 0 saturated carbocycles. The predicted molar refractivity (Wildman–Crippen MR) is 108 cm³/mol. The van der Waals surface area contributed by atoms with Crippen molar-refractivity contribution in [1.29, 1.82) is 5.26 Å². The smallest absolute Gasteiger partial charge is 0.242 e. The van der Waals surface area contributed by atoms with Gasteiger partial charge in [0.2, 0.25) is 11.8 Å². The molecule has 0 radical (unpaired) electrons. The molecular formula is C23H23N3O3. The molecule has 29 heavy (non-hydrogen) atoms. The van der Waals surface area contributed by atoms with E-state index in [0.29, 0.717) is 18.5 Å². The van der Waals surface area contributed by atoms with Gasteiger partial charge in [0, 0.05) is 18.9 Å². The quantitative estimate of drug-likeness (QED) is 0.868. The number of fused-ring (bicyclic) bond motifs is 1. The summed E-state index contributed by atoms with van der Waals surface area (Å²) in [4.78, 5) is 28.0. The van der Waals surface area contributed by atoms with Crippen molar-refractivity contribution in [2.75, 3.05) is 19.7 Å². The number of carbonyl (C=O) groups excluding carboxylic acids is 2. The zero-order valence-corrected chi connectivity index (χ0v) is 16.3. The molecule has 0 unspecified atom stereocenters. The van der Waals surface area contributed by atoms with Gasteiger partial charge in [-0.25, -0.2) is 0 Å². The molecule has 0 aliphatic carbocycles. The summed E-state index contributed by atoms with van der Waals surface area (Å²) >= 11 is 0. The van der Waals surface area contributed by atoms with Crippen molar-refractivity contribution < 1.29 is 14.7 Å². The van der Waals surface area contributed by atoms with Crippen LogP contribution in [0.3, 0.4) is 0 Å². The molecule has 2 aromatic rings. The van der Waals surface area contributed by atoms with Gasteiger partial charge in [-0.15, -0.1) is 0 Å². The number of benzene rings is 2. The van der Waals surface area contributed by atoms with Crippen LogP contribution in [0.15, 0.2) is 48.5 Å². The third-order valence-electron chi connectivity index (χ3n) is 6.05. The molecule has 2 heterocycles. The molecule has 4 rings (SSSR count). The van der Waals surface area contributed by atoms with E-state index in [1.165, 1.54) is 0 Å². The Morgan fingerprint density at radius 3 is 2.31 bits per heavy atom. The van der Waals surface area contributed by atoms with E-state index in [2.05, 4.69) is 6.07 Å². The van der Waals surface area contributed by atoms with Crippen LogP contribution in [0.5, 0.6) is 0 Å². The minimum atomic E-state index is -0.243. The van der Waals surface area contributed by atoms with Gasteiger partial charge in [0.1, 0.15) is 0 Å². The van der Waals surface area contributed by atoms with E-state index < -0.39 is 0 Å². The van der Waals surface area contributed by atoms with Crippen molar-refractivity contribution in [1.82, 2.24) is 9.80 Å². The van der Waals surface area contributed by atoms with Gasteiger partial charge in [-0.1, -0.05) is 43.3 Å². The number of aliphatic hydroxyl groups is 1. The fourth-order valence-electron chi connectivity index (χ4n) is 4.55. The van der Waals surface area contributed by atoms with Crippen LogP contribution in [-0.4, -0.2) is 58.5 Å². The minimum Gasteiger partial charge on any atom is -0.394 e. The van der Waals surface area contributed by atoms with Gasteiger partial charge in [0.05, 0.1) is 36.9 Å². The van der Waals surface area contributed by atoms with E-state index in [1.807, 2.05) is 36.4 Å². The Balaban J connectivity index is 1.57. The summed E-state index contributed by atoms with van der Waals surface area (Å²) in [5.41, 5.74) is 3.75. The highest BCUT2D eigenvalue weighted by atomic mass is 16.3. The summed E-state index contributed by atoms with van der Waals surface area (Å²) < 4.78 is 0. The lowest BCUT2D eigenvalue weighted by molar-refractivity contribution is -0.166.